The zero-order valence-electron chi connectivity index (χ0n) is 17.7. The van der Waals surface area contributed by atoms with Crippen LogP contribution in [-0.4, -0.2) is 26.5 Å². The minimum Gasteiger partial charge on any atom is -0.480 e. The Balaban J connectivity index is 2.19. The normalized spacial score (nSPS) is 11.6. The zero-order valence-corrected chi connectivity index (χ0v) is 18.5. The smallest absolute Gasteiger partial charge is 0.329 e. The van der Waals surface area contributed by atoms with Crippen molar-refractivity contribution in [2.75, 3.05) is 5.32 Å². The number of aryl methyl sites for hydroxylation is 3. The van der Waals surface area contributed by atoms with Gasteiger partial charge in [0.15, 0.2) is 0 Å². The number of rotatable bonds is 6. The molecule has 2 N–H and O–H groups in total. The summed E-state index contributed by atoms with van der Waals surface area (Å²) < 4.78 is 1.25. The Hall–Kier alpha value is -3.00. The molecule has 0 aliphatic carbocycles. The number of nitrogens with one attached hydrogen (secondary N) is 1. The van der Waals surface area contributed by atoms with Gasteiger partial charge >= 0.3 is 5.97 Å². The van der Waals surface area contributed by atoms with Crippen LogP contribution in [0.4, 0.5) is 5.69 Å². The van der Waals surface area contributed by atoms with Gasteiger partial charge in [-0.15, -0.1) is 11.3 Å². The first kappa shape index (κ1) is 21.7. The van der Waals surface area contributed by atoms with E-state index in [2.05, 4.69) is 10.3 Å². The number of carbonyl (C=O) groups is 2. The number of nitrogens with zero attached hydrogens (tertiary/aromatic N) is 2. The summed E-state index contributed by atoms with van der Waals surface area (Å²) in [4.78, 5) is 43.6. The highest BCUT2D eigenvalue weighted by Gasteiger charge is 2.34. The van der Waals surface area contributed by atoms with Crippen LogP contribution in [-0.2, 0) is 16.8 Å². The highest BCUT2D eigenvalue weighted by atomic mass is 32.1. The minimum atomic E-state index is -1.46. The number of thiophene rings is 1. The average molecular weight is 428 g/mol. The number of benzene rings is 1. The minimum absolute atomic E-state index is 0.295. The number of amides is 1. The Kier molecular flexibility index (Phi) is 5.81. The summed E-state index contributed by atoms with van der Waals surface area (Å²) in [6, 6.07) is 7.45. The summed E-state index contributed by atoms with van der Waals surface area (Å²) in [5.74, 6) is -1.02. The SMILES string of the molecule is CCCc1nc2sc(C(=O)Nc3ccccc3C)c(C)c2c(=O)n1C(C)(C)C(=O)O. The molecule has 0 aliphatic rings. The van der Waals surface area contributed by atoms with E-state index >= 15 is 0 Å². The fraction of sp³-hybridized carbons (Fsp3) is 0.364. The fourth-order valence-corrected chi connectivity index (χ4v) is 4.48. The number of aliphatic carboxylic acids is 1. The number of carbonyl (C=O) groups excluding carboxylic acids is 1. The molecule has 0 radical (unpaired) electrons. The van der Waals surface area contributed by atoms with E-state index in [0.29, 0.717) is 45.0 Å². The second-order valence-electron chi connectivity index (χ2n) is 7.79. The number of carboxylic acid groups (broad SMARTS) is 1. The fourth-order valence-electron chi connectivity index (χ4n) is 3.40. The van der Waals surface area contributed by atoms with Crippen LogP contribution in [0.15, 0.2) is 29.1 Å². The Morgan fingerprint density at radius 2 is 1.90 bits per heavy atom. The molecule has 0 unspecified atom stereocenters. The predicted molar refractivity (Wildman–Crippen MR) is 119 cm³/mol. The standard InChI is InChI=1S/C22H25N3O4S/c1-6-9-15-24-19-16(20(27)25(15)22(4,5)21(28)29)13(3)17(30-19)18(26)23-14-11-8-7-10-12(14)2/h7-8,10-11H,6,9H2,1-5H3,(H,23,26)(H,28,29). The largest absolute Gasteiger partial charge is 0.480 e. The van der Waals surface area contributed by atoms with Gasteiger partial charge in [0.25, 0.3) is 11.5 Å². The quantitative estimate of drug-likeness (QED) is 0.617. The maximum atomic E-state index is 13.4. The Labute approximate surface area is 178 Å². The molecule has 0 saturated heterocycles. The van der Waals surface area contributed by atoms with Crippen LogP contribution in [0, 0.1) is 13.8 Å². The van der Waals surface area contributed by atoms with E-state index in [1.807, 2.05) is 38.1 Å². The highest BCUT2D eigenvalue weighted by Crippen LogP contribution is 2.30. The van der Waals surface area contributed by atoms with Gasteiger partial charge in [0.2, 0.25) is 0 Å². The second kappa shape index (κ2) is 8.02. The van der Waals surface area contributed by atoms with Gasteiger partial charge in [-0.3, -0.25) is 14.2 Å². The number of carboxylic acids is 1. The number of fused-ring (bicyclic) bond motifs is 1. The average Bonchev–Trinajstić information content (AvgIpc) is 3.00. The Bertz CT molecular complexity index is 1210. The second-order valence-corrected chi connectivity index (χ2v) is 8.79. The van der Waals surface area contributed by atoms with E-state index in [9.17, 15) is 19.5 Å². The first-order valence-corrected chi connectivity index (χ1v) is 10.6. The number of aromatic nitrogens is 2. The van der Waals surface area contributed by atoms with Crippen molar-refractivity contribution in [2.24, 2.45) is 0 Å². The lowest BCUT2D eigenvalue weighted by Crippen LogP contribution is -2.45. The first-order chi connectivity index (χ1) is 14.1. The van der Waals surface area contributed by atoms with Crippen molar-refractivity contribution in [3.63, 3.8) is 0 Å². The van der Waals surface area contributed by atoms with E-state index in [-0.39, 0.29) is 5.91 Å². The topological polar surface area (TPSA) is 101 Å². The lowest BCUT2D eigenvalue weighted by atomic mass is 10.0. The Morgan fingerprint density at radius 3 is 2.50 bits per heavy atom. The molecule has 0 bridgehead atoms. The van der Waals surface area contributed by atoms with E-state index in [0.717, 1.165) is 16.9 Å². The lowest BCUT2D eigenvalue weighted by Gasteiger charge is -2.25. The summed E-state index contributed by atoms with van der Waals surface area (Å²) in [7, 11) is 0. The van der Waals surface area contributed by atoms with Crippen molar-refractivity contribution in [1.82, 2.24) is 9.55 Å². The molecule has 0 fully saturated rings. The van der Waals surface area contributed by atoms with Gasteiger partial charge in [-0.05, 0) is 51.3 Å². The first-order valence-electron chi connectivity index (χ1n) is 9.75. The molecule has 0 saturated carbocycles. The summed E-state index contributed by atoms with van der Waals surface area (Å²) in [5.41, 5.74) is 0.249. The third-order valence-electron chi connectivity index (χ3n) is 5.19. The van der Waals surface area contributed by atoms with Crippen molar-refractivity contribution in [3.05, 3.63) is 56.4 Å². The molecule has 7 nitrogen and oxygen atoms in total. The van der Waals surface area contributed by atoms with Crippen LogP contribution < -0.4 is 10.9 Å². The molecule has 1 aromatic carbocycles. The third-order valence-corrected chi connectivity index (χ3v) is 6.37. The molecule has 0 aliphatic heterocycles. The molecule has 3 aromatic rings. The molecule has 1 amide bonds. The van der Waals surface area contributed by atoms with E-state index < -0.39 is 17.1 Å². The third kappa shape index (κ3) is 3.63. The number of hydrogen-bond acceptors (Lipinski definition) is 5. The van der Waals surface area contributed by atoms with Gasteiger partial charge in [0.1, 0.15) is 16.2 Å². The maximum absolute atomic E-state index is 13.4. The van der Waals surface area contributed by atoms with E-state index in [1.54, 1.807) is 6.92 Å². The van der Waals surface area contributed by atoms with Crippen molar-refractivity contribution in [2.45, 2.75) is 53.0 Å². The van der Waals surface area contributed by atoms with Gasteiger partial charge < -0.3 is 10.4 Å². The highest BCUT2D eigenvalue weighted by molar-refractivity contribution is 7.20. The van der Waals surface area contributed by atoms with Crippen molar-refractivity contribution >= 4 is 39.1 Å². The maximum Gasteiger partial charge on any atom is 0.329 e. The van der Waals surface area contributed by atoms with Crippen molar-refractivity contribution in [3.8, 4) is 0 Å². The van der Waals surface area contributed by atoms with Gasteiger partial charge in [0, 0.05) is 12.1 Å². The number of para-hydroxylation sites is 1. The molecule has 0 atom stereocenters. The Morgan fingerprint density at radius 1 is 1.23 bits per heavy atom. The van der Waals surface area contributed by atoms with E-state index in [4.69, 9.17) is 0 Å². The summed E-state index contributed by atoms with van der Waals surface area (Å²) in [6.45, 7) is 8.51. The molecule has 8 heteroatoms. The zero-order chi connectivity index (χ0) is 22.2. The monoisotopic (exact) mass is 427 g/mol. The molecular formula is C22H25N3O4S. The van der Waals surface area contributed by atoms with Gasteiger partial charge in [0.05, 0.1) is 10.3 Å². The van der Waals surface area contributed by atoms with Crippen molar-refractivity contribution in [1.29, 1.82) is 0 Å². The summed E-state index contributed by atoms with van der Waals surface area (Å²) >= 11 is 1.16. The van der Waals surface area contributed by atoms with Crippen LogP contribution in [0.2, 0.25) is 0 Å². The predicted octanol–water partition coefficient (Wildman–Crippen LogP) is 4.10. The molecule has 158 valence electrons. The van der Waals surface area contributed by atoms with E-state index in [1.165, 1.54) is 18.4 Å². The molecular weight excluding hydrogens is 402 g/mol. The summed E-state index contributed by atoms with van der Waals surface area (Å²) in [5, 5.41) is 12.9. The molecule has 2 aromatic heterocycles. The van der Waals surface area contributed by atoms with Crippen LogP contribution in [0.25, 0.3) is 10.2 Å². The van der Waals surface area contributed by atoms with Crippen molar-refractivity contribution < 1.29 is 14.7 Å². The molecule has 2 heterocycles. The van der Waals surface area contributed by atoms with Gasteiger partial charge in [-0.25, -0.2) is 9.78 Å². The number of anilines is 1. The van der Waals surface area contributed by atoms with Crippen LogP contribution in [0.5, 0.6) is 0 Å². The summed E-state index contributed by atoms with van der Waals surface area (Å²) in [6.07, 6.45) is 1.17. The molecule has 3 rings (SSSR count). The number of hydrogen-bond donors (Lipinski definition) is 2. The molecule has 0 spiro atoms. The van der Waals surface area contributed by atoms with Gasteiger partial charge in [-0.2, -0.15) is 0 Å². The van der Waals surface area contributed by atoms with Crippen LogP contribution >= 0.6 is 11.3 Å². The van der Waals surface area contributed by atoms with Crippen LogP contribution in [0.3, 0.4) is 0 Å². The lowest BCUT2D eigenvalue weighted by molar-refractivity contribution is -0.146. The molecule has 30 heavy (non-hydrogen) atoms. The van der Waals surface area contributed by atoms with Crippen LogP contribution in [0.1, 0.15) is 53.8 Å². The van der Waals surface area contributed by atoms with Gasteiger partial charge in [-0.1, -0.05) is 25.1 Å².